The molecule has 0 saturated heterocycles. The number of aryl methyl sites for hydroxylation is 1. The number of hydrazine groups is 1. The molecule has 3 N–H and O–H groups in total. The van der Waals surface area contributed by atoms with Crippen molar-refractivity contribution in [2.75, 3.05) is 0 Å². The second-order valence-electron chi connectivity index (χ2n) is 3.65. The van der Waals surface area contributed by atoms with Crippen molar-refractivity contribution < 1.29 is 0 Å². The highest BCUT2D eigenvalue weighted by Crippen LogP contribution is 2.43. The van der Waals surface area contributed by atoms with Crippen LogP contribution in [0, 0.1) is 5.92 Å². The predicted molar refractivity (Wildman–Crippen MR) is 56.5 cm³/mol. The van der Waals surface area contributed by atoms with Crippen LogP contribution in [-0.4, -0.2) is 0 Å². The van der Waals surface area contributed by atoms with Crippen molar-refractivity contribution in [3.05, 3.63) is 21.9 Å². The summed E-state index contributed by atoms with van der Waals surface area (Å²) in [4.78, 5) is 1.45. The molecule has 0 amide bonds. The van der Waals surface area contributed by atoms with Crippen LogP contribution in [0.1, 0.15) is 36.2 Å². The number of rotatable bonds is 4. The third kappa shape index (κ3) is 1.77. The van der Waals surface area contributed by atoms with Gasteiger partial charge in [0.1, 0.15) is 0 Å². The van der Waals surface area contributed by atoms with Crippen LogP contribution in [0.3, 0.4) is 0 Å². The summed E-state index contributed by atoms with van der Waals surface area (Å²) in [5, 5.41) is 2.17. The first-order valence-electron chi connectivity index (χ1n) is 4.89. The molecule has 13 heavy (non-hydrogen) atoms. The fourth-order valence-electron chi connectivity index (χ4n) is 1.77. The largest absolute Gasteiger partial charge is 0.271 e. The summed E-state index contributed by atoms with van der Waals surface area (Å²) in [7, 11) is 0. The summed E-state index contributed by atoms with van der Waals surface area (Å²) in [6.07, 6.45) is 3.77. The molecular weight excluding hydrogens is 180 g/mol. The van der Waals surface area contributed by atoms with Crippen molar-refractivity contribution in [3.63, 3.8) is 0 Å². The number of nitrogens with two attached hydrogens (primary N) is 1. The zero-order valence-electron chi connectivity index (χ0n) is 7.92. The minimum atomic E-state index is 0.412. The van der Waals surface area contributed by atoms with Gasteiger partial charge >= 0.3 is 0 Å². The second kappa shape index (κ2) is 3.78. The topological polar surface area (TPSA) is 38.0 Å². The molecule has 0 radical (unpaired) electrons. The van der Waals surface area contributed by atoms with Crippen molar-refractivity contribution in [1.29, 1.82) is 0 Å². The van der Waals surface area contributed by atoms with E-state index in [4.69, 9.17) is 5.84 Å². The Morgan fingerprint density at radius 3 is 3.00 bits per heavy atom. The Bertz CT molecular complexity index is 278. The van der Waals surface area contributed by atoms with Gasteiger partial charge in [-0.3, -0.25) is 11.3 Å². The van der Waals surface area contributed by atoms with Crippen molar-refractivity contribution in [2.45, 2.75) is 32.2 Å². The van der Waals surface area contributed by atoms with Gasteiger partial charge in [0.15, 0.2) is 0 Å². The zero-order valence-corrected chi connectivity index (χ0v) is 8.73. The van der Waals surface area contributed by atoms with Gasteiger partial charge in [-0.25, -0.2) is 0 Å². The SMILES string of the molecule is CCc1ccsc1C(NN)C1CC1. The second-order valence-corrected chi connectivity index (χ2v) is 4.59. The van der Waals surface area contributed by atoms with Crippen molar-refractivity contribution in [3.8, 4) is 0 Å². The van der Waals surface area contributed by atoms with E-state index in [1.165, 1.54) is 23.3 Å². The van der Waals surface area contributed by atoms with Crippen LogP contribution in [0.15, 0.2) is 11.4 Å². The van der Waals surface area contributed by atoms with Gasteiger partial charge in [0, 0.05) is 4.88 Å². The number of hydrogen-bond donors (Lipinski definition) is 2. The molecule has 72 valence electrons. The van der Waals surface area contributed by atoms with E-state index in [0.717, 1.165) is 12.3 Å². The molecule has 1 fully saturated rings. The Labute approximate surface area is 83.1 Å². The minimum absolute atomic E-state index is 0.412. The molecule has 1 aliphatic carbocycles. The molecule has 1 unspecified atom stereocenters. The van der Waals surface area contributed by atoms with Crippen LogP contribution in [0.5, 0.6) is 0 Å². The first-order chi connectivity index (χ1) is 6.36. The molecule has 1 aromatic heterocycles. The van der Waals surface area contributed by atoms with Gasteiger partial charge in [-0.2, -0.15) is 0 Å². The highest BCUT2D eigenvalue weighted by molar-refractivity contribution is 7.10. The van der Waals surface area contributed by atoms with Crippen molar-refractivity contribution in [1.82, 2.24) is 5.43 Å². The van der Waals surface area contributed by atoms with Crippen LogP contribution in [0.2, 0.25) is 0 Å². The van der Waals surface area contributed by atoms with E-state index in [9.17, 15) is 0 Å². The summed E-state index contributed by atoms with van der Waals surface area (Å²) in [6, 6.07) is 2.63. The highest BCUT2D eigenvalue weighted by atomic mass is 32.1. The normalized spacial score (nSPS) is 18.9. The van der Waals surface area contributed by atoms with Crippen LogP contribution in [0.25, 0.3) is 0 Å². The fourth-order valence-corrected chi connectivity index (χ4v) is 2.92. The molecule has 1 atom stereocenters. The summed E-state index contributed by atoms with van der Waals surface area (Å²) < 4.78 is 0. The molecule has 1 aliphatic rings. The van der Waals surface area contributed by atoms with Gasteiger partial charge in [-0.1, -0.05) is 6.92 Å². The van der Waals surface area contributed by atoms with E-state index in [-0.39, 0.29) is 0 Å². The van der Waals surface area contributed by atoms with Crippen LogP contribution in [-0.2, 0) is 6.42 Å². The smallest absolute Gasteiger partial charge is 0.0584 e. The minimum Gasteiger partial charge on any atom is -0.271 e. The third-order valence-electron chi connectivity index (χ3n) is 2.72. The monoisotopic (exact) mass is 196 g/mol. The van der Waals surface area contributed by atoms with E-state index >= 15 is 0 Å². The van der Waals surface area contributed by atoms with Crippen molar-refractivity contribution in [2.24, 2.45) is 11.8 Å². The lowest BCUT2D eigenvalue weighted by Crippen LogP contribution is -2.29. The maximum absolute atomic E-state index is 5.59. The molecule has 0 aliphatic heterocycles. The van der Waals surface area contributed by atoms with Gasteiger partial charge in [-0.05, 0) is 42.2 Å². The molecule has 2 rings (SSSR count). The summed E-state index contributed by atoms with van der Waals surface area (Å²) in [6.45, 7) is 2.20. The van der Waals surface area contributed by atoms with E-state index < -0.39 is 0 Å². The van der Waals surface area contributed by atoms with Gasteiger partial charge in [-0.15, -0.1) is 11.3 Å². The quantitative estimate of drug-likeness (QED) is 0.572. The van der Waals surface area contributed by atoms with E-state index in [0.29, 0.717) is 6.04 Å². The first-order valence-corrected chi connectivity index (χ1v) is 5.77. The average molecular weight is 196 g/mol. The fraction of sp³-hybridized carbons (Fsp3) is 0.600. The lowest BCUT2D eigenvalue weighted by atomic mass is 10.1. The first kappa shape index (κ1) is 9.19. The van der Waals surface area contributed by atoms with Crippen LogP contribution < -0.4 is 11.3 Å². The molecule has 0 aromatic carbocycles. The third-order valence-corrected chi connectivity index (χ3v) is 3.76. The number of thiophene rings is 1. The summed E-state index contributed by atoms with van der Waals surface area (Å²) >= 11 is 1.83. The molecule has 0 bridgehead atoms. The summed E-state index contributed by atoms with van der Waals surface area (Å²) in [5.74, 6) is 6.37. The molecule has 1 aromatic rings. The number of nitrogens with one attached hydrogen (secondary N) is 1. The Morgan fingerprint density at radius 2 is 2.46 bits per heavy atom. The molecule has 1 heterocycles. The lowest BCUT2D eigenvalue weighted by Gasteiger charge is -2.14. The standard InChI is InChI=1S/C10H16N2S/c1-2-7-5-6-13-10(7)9(12-11)8-3-4-8/h5-6,8-9,12H,2-4,11H2,1H3. The van der Waals surface area contributed by atoms with Crippen LogP contribution in [0.4, 0.5) is 0 Å². The Balaban J connectivity index is 2.20. The predicted octanol–water partition coefficient (Wildman–Crippen LogP) is 2.22. The van der Waals surface area contributed by atoms with Crippen LogP contribution >= 0.6 is 11.3 Å². The molecular formula is C10H16N2S. The highest BCUT2D eigenvalue weighted by Gasteiger charge is 2.33. The Kier molecular flexibility index (Phi) is 2.67. The number of hydrogen-bond acceptors (Lipinski definition) is 3. The molecule has 2 nitrogen and oxygen atoms in total. The van der Waals surface area contributed by atoms with Gasteiger partial charge in [0.05, 0.1) is 6.04 Å². The average Bonchev–Trinajstić information content (AvgIpc) is 2.86. The Morgan fingerprint density at radius 1 is 1.69 bits per heavy atom. The lowest BCUT2D eigenvalue weighted by molar-refractivity contribution is 0.501. The van der Waals surface area contributed by atoms with E-state index in [2.05, 4.69) is 23.8 Å². The van der Waals surface area contributed by atoms with Crippen molar-refractivity contribution >= 4 is 11.3 Å². The Hall–Kier alpha value is -0.380. The molecule has 1 saturated carbocycles. The molecule has 3 heteroatoms. The maximum atomic E-state index is 5.59. The summed E-state index contributed by atoms with van der Waals surface area (Å²) in [5.41, 5.74) is 4.41. The van der Waals surface area contributed by atoms with Gasteiger partial charge in [0.25, 0.3) is 0 Å². The van der Waals surface area contributed by atoms with E-state index in [1.54, 1.807) is 0 Å². The molecule has 0 spiro atoms. The van der Waals surface area contributed by atoms with E-state index in [1.807, 2.05) is 11.3 Å². The van der Waals surface area contributed by atoms with Gasteiger partial charge < -0.3 is 0 Å². The zero-order chi connectivity index (χ0) is 9.26. The maximum Gasteiger partial charge on any atom is 0.0584 e. The van der Waals surface area contributed by atoms with Gasteiger partial charge in [0.2, 0.25) is 0 Å².